The fourth-order valence-electron chi connectivity index (χ4n) is 2.44. The quantitative estimate of drug-likeness (QED) is 0.613. The topological polar surface area (TPSA) is 69.3 Å². The first kappa shape index (κ1) is 17.9. The van der Waals surface area contributed by atoms with Crippen LogP contribution in [0.1, 0.15) is 27.7 Å². The molecule has 2 saturated heterocycles. The standard InChI is InChI=1S/C15H29NO5Si/c1-9(17)16-11-13-12(21-13)10(20-14(11)18-5)8-19-22(6,7)15(2,3)4/h10-14H,8H2,1-7H3,(H,16,17)/t10-,11-,12+,13-,14+/m1/s1. The number of amides is 1. The fraction of sp³-hybridized carbons (Fsp3) is 0.933. The van der Waals surface area contributed by atoms with Gasteiger partial charge < -0.3 is 24.0 Å². The maximum absolute atomic E-state index is 11.3. The first-order valence-corrected chi connectivity index (χ1v) is 10.7. The van der Waals surface area contributed by atoms with Gasteiger partial charge in [0.1, 0.15) is 24.4 Å². The molecule has 1 amide bonds. The Morgan fingerprint density at radius 3 is 2.36 bits per heavy atom. The van der Waals surface area contributed by atoms with Crippen LogP contribution in [-0.2, 0) is 23.4 Å². The summed E-state index contributed by atoms with van der Waals surface area (Å²) in [4.78, 5) is 11.3. The summed E-state index contributed by atoms with van der Waals surface area (Å²) in [5.41, 5.74) is 0. The number of hydrogen-bond acceptors (Lipinski definition) is 5. The highest BCUT2D eigenvalue weighted by Crippen LogP contribution is 2.40. The molecule has 128 valence electrons. The number of carbonyl (C=O) groups excluding carboxylic acids is 1. The van der Waals surface area contributed by atoms with E-state index >= 15 is 0 Å². The Morgan fingerprint density at radius 1 is 1.23 bits per heavy atom. The second kappa shape index (κ2) is 6.20. The predicted molar refractivity (Wildman–Crippen MR) is 85.1 cm³/mol. The van der Waals surface area contributed by atoms with Gasteiger partial charge in [0.2, 0.25) is 5.91 Å². The van der Waals surface area contributed by atoms with Crippen LogP contribution < -0.4 is 5.32 Å². The fourth-order valence-corrected chi connectivity index (χ4v) is 3.46. The molecule has 2 heterocycles. The number of carbonyl (C=O) groups is 1. The van der Waals surface area contributed by atoms with Crippen molar-refractivity contribution in [3.8, 4) is 0 Å². The molecule has 2 aliphatic heterocycles. The average Bonchev–Trinajstić information content (AvgIpc) is 3.16. The maximum Gasteiger partial charge on any atom is 0.217 e. The van der Waals surface area contributed by atoms with Crippen molar-refractivity contribution in [2.75, 3.05) is 13.7 Å². The summed E-state index contributed by atoms with van der Waals surface area (Å²) in [6, 6.07) is -0.253. The minimum atomic E-state index is -1.82. The Kier molecular flexibility index (Phi) is 5.04. The third kappa shape index (κ3) is 3.71. The van der Waals surface area contributed by atoms with Crippen LogP contribution in [-0.4, -0.2) is 58.6 Å². The van der Waals surface area contributed by atoms with Gasteiger partial charge in [-0.15, -0.1) is 0 Å². The Bertz CT molecular complexity index is 423. The zero-order valence-corrected chi connectivity index (χ0v) is 15.6. The Morgan fingerprint density at radius 2 is 1.86 bits per heavy atom. The summed E-state index contributed by atoms with van der Waals surface area (Å²) in [6.07, 6.45) is -0.710. The van der Waals surface area contributed by atoms with E-state index in [1.54, 1.807) is 7.11 Å². The molecule has 7 heteroatoms. The largest absolute Gasteiger partial charge is 0.414 e. The van der Waals surface area contributed by atoms with E-state index < -0.39 is 14.6 Å². The molecule has 2 aliphatic rings. The van der Waals surface area contributed by atoms with Crippen molar-refractivity contribution < 1.29 is 23.4 Å². The summed E-state index contributed by atoms with van der Waals surface area (Å²) in [5.74, 6) is -0.110. The smallest absolute Gasteiger partial charge is 0.217 e. The van der Waals surface area contributed by atoms with Gasteiger partial charge in [0.05, 0.1) is 6.61 Å². The van der Waals surface area contributed by atoms with Crippen molar-refractivity contribution in [3.05, 3.63) is 0 Å². The molecule has 0 saturated carbocycles. The maximum atomic E-state index is 11.3. The van der Waals surface area contributed by atoms with Crippen LogP contribution in [0.2, 0.25) is 18.1 Å². The lowest BCUT2D eigenvalue weighted by Crippen LogP contribution is -2.56. The van der Waals surface area contributed by atoms with Gasteiger partial charge in [-0.1, -0.05) is 20.8 Å². The highest BCUT2D eigenvalue weighted by Gasteiger charge is 2.58. The molecule has 0 spiro atoms. The summed E-state index contributed by atoms with van der Waals surface area (Å²) in [5, 5.41) is 3.00. The van der Waals surface area contributed by atoms with E-state index in [2.05, 4.69) is 39.2 Å². The minimum Gasteiger partial charge on any atom is -0.414 e. The Labute approximate surface area is 134 Å². The highest BCUT2D eigenvalue weighted by atomic mass is 28.4. The van der Waals surface area contributed by atoms with Gasteiger partial charge in [0.25, 0.3) is 0 Å². The van der Waals surface area contributed by atoms with Crippen LogP contribution in [0.25, 0.3) is 0 Å². The van der Waals surface area contributed by atoms with Crippen molar-refractivity contribution in [2.45, 2.75) is 76.5 Å². The van der Waals surface area contributed by atoms with E-state index in [4.69, 9.17) is 18.6 Å². The van der Waals surface area contributed by atoms with Gasteiger partial charge in [-0.2, -0.15) is 0 Å². The van der Waals surface area contributed by atoms with Gasteiger partial charge in [-0.25, -0.2) is 0 Å². The lowest BCUT2D eigenvalue weighted by atomic mass is 10.0. The number of rotatable bonds is 5. The average molecular weight is 331 g/mol. The Hall–Kier alpha value is -0.473. The molecule has 0 aromatic carbocycles. The zero-order chi connectivity index (χ0) is 16.7. The van der Waals surface area contributed by atoms with E-state index in [1.807, 2.05) is 0 Å². The lowest BCUT2D eigenvalue weighted by Gasteiger charge is -2.38. The van der Waals surface area contributed by atoms with Crippen molar-refractivity contribution >= 4 is 14.2 Å². The SMILES string of the molecule is CO[C@H]1O[C@H](CO[Si](C)(C)C(C)(C)C)[C@@H]2O[C@@H]2[C@H]1NC(C)=O. The van der Waals surface area contributed by atoms with E-state index in [9.17, 15) is 4.79 Å². The van der Waals surface area contributed by atoms with Crippen LogP contribution in [0.4, 0.5) is 0 Å². The molecule has 0 aliphatic carbocycles. The summed E-state index contributed by atoms with van der Waals surface area (Å²) in [6.45, 7) is 13.1. The number of ether oxygens (including phenoxy) is 3. The second-order valence-electron chi connectivity index (χ2n) is 7.64. The van der Waals surface area contributed by atoms with E-state index in [1.165, 1.54) is 6.92 Å². The van der Waals surface area contributed by atoms with Gasteiger partial charge >= 0.3 is 0 Å². The third-order valence-corrected chi connectivity index (χ3v) is 9.40. The molecule has 22 heavy (non-hydrogen) atoms. The molecular weight excluding hydrogens is 302 g/mol. The molecule has 2 rings (SSSR count). The van der Waals surface area contributed by atoms with E-state index in [-0.39, 0.29) is 35.3 Å². The van der Waals surface area contributed by atoms with Gasteiger partial charge in [-0.05, 0) is 18.1 Å². The zero-order valence-electron chi connectivity index (χ0n) is 14.6. The number of nitrogens with one attached hydrogen (secondary N) is 1. The van der Waals surface area contributed by atoms with Crippen molar-refractivity contribution in [1.82, 2.24) is 5.32 Å². The summed E-state index contributed by atoms with van der Waals surface area (Å²) >= 11 is 0. The molecule has 0 aromatic rings. The van der Waals surface area contributed by atoms with Crippen LogP contribution in [0.5, 0.6) is 0 Å². The van der Waals surface area contributed by atoms with Crippen LogP contribution in [0.3, 0.4) is 0 Å². The summed E-state index contributed by atoms with van der Waals surface area (Å²) in [7, 11) is -0.244. The minimum absolute atomic E-state index is 0.0204. The number of fused-ring (bicyclic) bond motifs is 1. The molecule has 5 atom stereocenters. The predicted octanol–water partition coefficient (Wildman–Crippen LogP) is 1.65. The number of hydrogen-bond donors (Lipinski definition) is 1. The van der Waals surface area contributed by atoms with Crippen LogP contribution in [0, 0.1) is 0 Å². The Balaban J connectivity index is 1.95. The molecule has 6 nitrogen and oxygen atoms in total. The molecule has 0 aromatic heterocycles. The van der Waals surface area contributed by atoms with Gasteiger partial charge in [0, 0.05) is 14.0 Å². The monoisotopic (exact) mass is 331 g/mol. The molecule has 0 unspecified atom stereocenters. The molecule has 2 fully saturated rings. The van der Waals surface area contributed by atoms with Crippen molar-refractivity contribution in [3.63, 3.8) is 0 Å². The first-order chi connectivity index (χ1) is 10.1. The normalized spacial score (nSPS) is 35.0. The molecular formula is C15H29NO5Si. The van der Waals surface area contributed by atoms with Gasteiger partial charge in [0.15, 0.2) is 14.6 Å². The second-order valence-corrected chi connectivity index (χ2v) is 12.5. The lowest BCUT2D eigenvalue weighted by molar-refractivity contribution is -0.192. The van der Waals surface area contributed by atoms with Crippen molar-refractivity contribution in [1.29, 1.82) is 0 Å². The van der Waals surface area contributed by atoms with Crippen LogP contribution in [0.15, 0.2) is 0 Å². The van der Waals surface area contributed by atoms with Crippen LogP contribution >= 0.6 is 0 Å². The molecule has 0 bridgehead atoms. The van der Waals surface area contributed by atoms with Crippen molar-refractivity contribution in [2.24, 2.45) is 0 Å². The molecule has 0 radical (unpaired) electrons. The summed E-state index contributed by atoms with van der Waals surface area (Å²) < 4.78 is 23.2. The van der Waals surface area contributed by atoms with E-state index in [0.29, 0.717) is 6.61 Å². The van der Waals surface area contributed by atoms with Gasteiger partial charge in [-0.3, -0.25) is 4.79 Å². The third-order valence-electron chi connectivity index (χ3n) is 4.90. The van der Waals surface area contributed by atoms with E-state index in [0.717, 1.165) is 0 Å². The first-order valence-electron chi connectivity index (χ1n) is 7.81. The highest BCUT2D eigenvalue weighted by molar-refractivity contribution is 6.74. The molecule has 1 N–H and O–H groups in total. The number of epoxide rings is 1. The number of methoxy groups -OCH3 is 1.